The number of hydrogen-bond acceptors (Lipinski definition) is 0. The van der Waals surface area contributed by atoms with Crippen LogP contribution in [0.4, 0.5) is 0 Å². The van der Waals surface area contributed by atoms with Crippen molar-refractivity contribution in [2.45, 2.75) is 6.82 Å². The Hall–Kier alpha value is 0.495. The smallest absolute Gasteiger partial charge is 0.145 e. The van der Waals surface area contributed by atoms with Crippen LogP contribution >= 0.6 is 8.46 Å². The third-order valence-corrected chi connectivity index (χ3v) is 0.500. The zero-order chi connectivity index (χ0) is 5.86. The van der Waals surface area contributed by atoms with Crippen LogP contribution in [0.5, 0.6) is 0 Å². The predicted molar refractivity (Wildman–Crippen MR) is 27.3 cm³/mol. The van der Waals surface area contributed by atoms with Gasteiger partial charge in [0.15, 0.2) is 0 Å². The third kappa shape index (κ3) is 2.49. The Morgan fingerprint density at radius 3 is 3.75 bits per heavy atom. The van der Waals surface area contributed by atoms with Crippen LogP contribution < -0.4 is 0 Å². The molecule has 0 aliphatic carbocycles. The fourth-order valence-electron chi connectivity index (χ4n) is 0. The lowest BCUT2D eigenvalue weighted by Gasteiger charge is -1.65. The summed E-state index contributed by atoms with van der Waals surface area (Å²) in [6, 6.07) is 0. The predicted octanol–water partition coefficient (Wildman–Crippen LogP) is 0.694. The lowest BCUT2D eigenvalue weighted by Crippen LogP contribution is -1.55. The van der Waals surface area contributed by atoms with Crippen molar-refractivity contribution in [3.8, 4) is 0 Å². The van der Waals surface area contributed by atoms with Crippen molar-refractivity contribution >= 4 is 15.4 Å². The first-order valence-corrected chi connectivity index (χ1v) is 2.31. The summed E-state index contributed by atoms with van der Waals surface area (Å²) >= 11 is 0. The van der Waals surface area contributed by atoms with Gasteiger partial charge in [0.1, 0.15) is 6.96 Å². The quantitative estimate of drug-likeness (QED) is 0.319. The standard InChI is InChI=1S/C2H8BP/c1-3-4-2/h3-4H,1-2H3/i2TD,3D. The zero-order valence-electron chi connectivity index (χ0n) is 5.65. The molecule has 0 rings (SSSR count). The monoisotopic (exact) mass is 78.1 g/mol. The molecule has 0 aromatic heterocycles. The van der Waals surface area contributed by atoms with Crippen LogP contribution in [0, 0.1) is 0 Å². The largest absolute Gasteiger partial charge is 0.163 e. The van der Waals surface area contributed by atoms with Crippen molar-refractivity contribution in [1.82, 2.24) is 0 Å². The van der Waals surface area contributed by atoms with Crippen molar-refractivity contribution in [3.63, 3.8) is 0 Å². The Labute approximate surface area is 34.1 Å². The normalized spacial score (nSPS) is 27.8. The Bertz CT molecular complexity index is 42.2. The highest BCUT2D eigenvalue weighted by molar-refractivity contribution is 7.70. The molecule has 2 unspecified atom stereocenters. The van der Waals surface area contributed by atoms with E-state index >= 15 is 0 Å². The second-order valence-electron chi connectivity index (χ2n) is 0.455. The molecule has 0 amide bonds. The van der Waals surface area contributed by atoms with Gasteiger partial charge in [0.2, 0.25) is 0 Å². The molecule has 2 heteroatoms. The van der Waals surface area contributed by atoms with E-state index in [2.05, 4.69) is 0 Å². The van der Waals surface area contributed by atoms with E-state index in [9.17, 15) is 0 Å². The summed E-state index contributed by atoms with van der Waals surface area (Å²) in [5.74, 6) is 0. The van der Waals surface area contributed by atoms with E-state index in [0.717, 1.165) is 0 Å². The van der Waals surface area contributed by atoms with Gasteiger partial charge >= 0.3 is 0 Å². The molecule has 0 saturated carbocycles. The molecule has 0 bridgehead atoms. The average Bonchev–Trinajstić information content (AvgIpc) is 1.27. The molecule has 0 aliphatic heterocycles. The van der Waals surface area contributed by atoms with E-state index in [4.69, 9.17) is 4.08 Å². The molecular weight excluding hydrogens is 65.8 g/mol. The van der Waals surface area contributed by atoms with Crippen LogP contribution in [0.25, 0.3) is 0 Å². The lowest BCUT2D eigenvalue weighted by atomic mass is 10.2. The van der Waals surface area contributed by atoms with Crippen molar-refractivity contribution in [1.29, 1.82) is 1.34 Å². The van der Waals surface area contributed by atoms with E-state index in [1.165, 1.54) is 0 Å². The first-order valence-electron chi connectivity index (χ1n) is 2.89. The van der Waals surface area contributed by atoms with Gasteiger partial charge in [-0.1, -0.05) is 13.4 Å². The molecule has 0 N–H and O–H groups in total. The van der Waals surface area contributed by atoms with Crippen molar-refractivity contribution < 1.29 is 2.74 Å². The summed E-state index contributed by atoms with van der Waals surface area (Å²) in [6.07, 6.45) is 0. The molecule has 2 atom stereocenters. The molecule has 0 spiro atoms. The van der Waals surface area contributed by atoms with Gasteiger partial charge in [0.25, 0.3) is 0 Å². The topological polar surface area (TPSA) is 0 Å². The molecule has 0 saturated heterocycles. The molecule has 0 heterocycles. The first-order chi connectivity index (χ1) is 3.13. The summed E-state index contributed by atoms with van der Waals surface area (Å²) in [7, 11) is 0.145. The third-order valence-electron chi connectivity index (χ3n) is 0.167. The van der Waals surface area contributed by atoms with E-state index < -0.39 is 6.62 Å². The molecule has 0 aliphatic rings. The zero-order valence-corrected chi connectivity index (χ0v) is 3.65. The Balaban J connectivity index is 2.95. The maximum atomic E-state index is 6.88. The molecule has 0 fully saturated rings. The van der Waals surface area contributed by atoms with Crippen LogP contribution in [0.3, 0.4) is 0 Å². The summed E-state index contributed by atoms with van der Waals surface area (Å²) in [5, 5.41) is 0. The lowest BCUT2D eigenvalue weighted by molar-refractivity contribution is 2.35. The highest BCUT2D eigenvalue weighted by Gasteiger charge is 1.60. The van der Waals surface area contributed by atoms with E-state index in [1.54, 1.807) is 6.82 Å². The van der Waals surface area contributed by atoms with Crippen molar-refractivity contribution in [2.75, 3.05) is 6.62 Å². The van der Waals surface area contributed by atoms with Crippen molar-refractivity contribution in [2.24, 2.45) is 0 Å². The van der Waals surface area contributed by atoms with Crippen LogP contribution in [0.15, 0.2) is 0 Å². The molecule has 0 aromatic rings. The molecule has 0 nitrogen and oxygen atoms in total. The Morgan fingerprint density at radius 2 is 3.75 bits per heavy atom. The molecule has 24 valence electrons. The summed E-state index contributed by atoms with van der Waals surface area (Å²) in [5.41, 5.74) is 0. The van der Waals surface area contributed by atoms with Gasteiger partial charge in [-0.25, -0.2) is 0 Å². The average molecular weight is 77.9 g/mol. The fraction of sp³-hybridized carbons (Fsp3) is 1.00. The number of rotatable bonds is 1. The molecule has 4 heavy (non-hydrogen) atoms. The van der Waals surface area contributed by atoms with Crippen LogP contribution in [0.1, 0.15) is 2.74 Å². The second-order valence-corrected chi connectivity index (χ2v) is 1.37. The molecule has 0 radical (unpaired) electrons. The first kappa shape index (κ1) is 1.30. The van der Waals surface area contributed by atoms with Crippen LogP contribution in [-0.2, 0) is 0 Å². The Kier molecular flexibility index (Phi) is 1.14. The van der Waals surface area contributed by atoms with Gasteiger partial charge in [-0.15, -0.1) is 0 Å². The van der Waals surface area contributed by atoms with Crippen molar-refractivity contribution in [3.05, 3.63) is 0 Å². The van der Waals surface area contributed by atoms with Gasteiger partial charge in [-0.2, -0.15) is 8.46 Å². The maximum Gasteiger partial charge on any atom is 0.145 e. The summed E-state index contributed by atoms with van der Waals surface area (Å²) in [4.78, 5) is 0. The SMILES string of the molecule is [2H]B(C)PC([2H])[3H]. The molecular formula is C2H8BP. The highest BCUT2D eigenvalue weighted by Crippen LogP contribution is 1.92. The fourth-order valence-corrected chi connectivity index (χ4v) is 0. The van der Waals surface area contributed by atoms with Gasteiger partial charge in [0, 0.05) is 2.74 Å². The van der Waals surface area contributed by atoms with Crippen LogP contribution in [0.2, 0.25) is 6.82 Å². The van der Waals surface area contributed by atoms with E-state index in [-0.39, 0.29) is 15.4 Å². The van der Waals surface area contributed by atoms with Gasteiger partial charge < -0.3 is 0 Å². The minimum absolute atomic E-state index is 0.145. The summed E-state index contributed by atoms with van der Waals surface area (Å²) in [6.45, 7) is 0.696. The van der Waals surface area contributed by atoms with Crippen LogP contribution in [-0.4, -0.2) is 14.9 Å². The summed E-state index contributed by atoms with van der Waals surface area (Å²) < 4.78 is 20.2. The van der Waals surface area contributed by atoms with E-state index in [0.29, 0.717) is 0 Å². The minimum atomic E-state index is -0.785. The van der Waals surface area contributed by atoms with Gasteiger partial charge in [0.05, 0.1) is 0 Å². The van der Waals surface area contributed by atoms with Gasteiger partial charge in [-0.3, -0.25) is 0 Å². The maximum absolute atomic E-state index is 6.88. The number of hydrogen-bond donors (Lipinski definition) is 0. The van der Waals surface area contributed by atoms with E-state index in [1.807, 2.05) is 0 Å². The van der Waals surface area contributed by atoms with Gasteiger partial charge in [-0.05, 0) is 1.34 Å². The molecule has 0 aromatic carbocycles. The minimum Gasteiger partial charge on any atom is -0.163 e. The second kappa shape index (κ2) is 3.49. The Morgan fingerprint density at radius 1 is 3.00 bits per heavy atom. The highest BCUT2D eigenvalue weighted by atomic mass is 31.1.